The summed E-state index contributed by atoms with van der Waals surface area (Å²) in [5, 5.41) is 29.0. The van der Waals surface area contributed by atoms with Gasteiger partial charge in [0, 0.05) is 5.56 Å². The highest BCUT2D eigenvalue weighted by atomic mass is 16.6. The van der Waals surface area contributed by atoms with Crippen molar-refractivity contribution >= 4 is 12.4 Å². The summed E-state index contributed by atoms with van der Waals surface area (Å²) in [6, 6.07) is 6.48. The molecule has 8 nitrogen and oxygen atoms in total. The quantitative estimate of drug-likeness (QED) is 0.540. The van der Waals surface area contributed by atoms with Gasteiger partial charge in [0.25, 0.3) is 6.47 Å². The highest BCUT2D eigenvalue weighted by Gasteiger charge is 2.47. The maximum atomic E-state index is 12.0. The average molecular weight is 325 g/mol. The van der Waals surface area contributed by atoms with Crippen LogP contribution in [-0.2, 0) is 25.5 Å². The van der Waals surface area contributed by atoms with Crippen molar-refractivity contribution in [2.75, 3.05) is 13.2 Å². The van der Waals surface area contributed by atoms with Crippen molar-refractivity contribution in [3.63, 3.8) is 0 Å². The van der Waals surface area contributed by atoms with E-state index in [-0.39, 0.29) is 49.4 Å². The van der Waals surface area contributed by atoms with Crippen LogP contribution in [0.4, 0.5) is 0 Å². The van der Waals surface area contributed by atoms with Gasteiger partial charge in [0.2, 0.25) is 5.91 Å². The van der Waals surface area contributed by atoms with E-state index in [1.54, 1.807) is 24.3 Å². The molecule has 0 unspecified atom stereocenters. The molecule has 4 atom stereocenters. The van der Waals surface area contributed by atoms with E-state index in [0.29, 0.717) is 12.2 Å². The fourth-order valence-electron chi connectivity index (χ4n) is 2.69. The lowest BCUT2D eigenvalue weighted by Crippen LogP contribution is -2.44. The number of carbonyl (C=O) groups excluding carboxylic acids is 1. The van der Waals surface area contributed by atoms with E-state index < -0.39 is 6.10 Å². The van der Waals surface area contributed by atoms with E-state index in [2.05, 4.69) is 5.32 Å². The van der Waals surface area contributed by atoms with Gasteiger partial charge in [0.1, 0.15) is 24.1 Å². The van der Waals surface area contributed by atoms with Crippen molar-refractivity contribution in [3.8, 4) is 5.75 Å². The summed E-state index contributed by atoms with van der Waals surface area (Å²) in [6.07, 6.45) is -1.17. The smallest absolute Gasteiger partial charge is 0.290 e. The number of aliphatic hydroxyl groups is 1. The van der Waals surface area contributed by atoms with Gasteiger partial charge in [-0.15, -0.1) is 0 Å². The number of phenolic OH excluding ortho intramolecular Hbond substituents is 1. The Morgan fingerprint density at radius 1 is 1.26 bits per heavy atom. The van der Waals surface area contributed by atoms with Crippen LogP contribution in [0.5, 0.6) is 5.75 Å². The van der Waals surface area contributed by atoms with Crippen LogP contribution in [0.1, 0.15) is 5.56 Å². The van der Waals surface area contributed by atoms with E-state index in [4.69, 9.17) is 19.4 Å². The predicted octanol–water partition coefficient (Wildman–Crippen LogP) is -0.721. The van der Waals surface area contributed by atoms with Gasteiger partial charge >= 0.3 is 0 Å². The van der Waals surface area contributed by atoms with Gasteiger partial charge in [-0.05, 0) is 6.07 Å². The summed E-state index contributed by atoms with van der Waals surface area (Å²) in [5.41, 5.74) is 0.577. The fourth-order valence-corrected chi connectivity index (χ4v) is 2.69. The maximum Gasteiger partial charge on any atom is 0.290 e. The van der Waals surface area contributed by atoms with Crippen molar-refractivity contribution in [3.05, 3.63) is 29.8 Å². The summed E-state index contributed by atoms with van der Waals surface area (Å²) in [6.45, 7) is 0.320. The molecule has 2 aliphatic rings. The average Bonchev–Trinajstić information content (AvgIpc) is 3.07. The number of rotatable bonds is 3. The van der Waals surface area contributed by atoms with E-state index in [1.807, 2.05) is 0 Å². The number of ether oxygens (including phenoxy) is 2. The fraction of sp³-hybridized carbons (Fsp3) is 0.467. The Morgan fingerprint density at radius 2 is 1.91 bits per heavy atom. The number of aromatic hydroxyl groups is 1. The first-order valence-electron chi connectivity index (χ1n) is 7.12. The summed E-state index contributed by atoms with van der Waals surface area (Å²) in [7, 11) is 0. The summed E-state index contributed by atoms with van der Waals surface area (Å²) in [5.74, 6) is -0.0959. The number of fused-ring (bicyclic) bond motifs is 1. The highest BCUT2D eigenvalue weighted by Crippen LogP contribution is 2.27. The number of amides is 1. The van der Waals surface area contributed by atoms with Gasteiger partial charge in [0.15, 0.2) is 0 Å². The number of hydrogen-bond donors (Lipinski definition) is 4. The molecule has 2 saturated heterocycles. The first-order valence-corrected chi connectivity index (χ1v) is 7.12. The molecule has 1 aromatic rings. The van der Waals surface area contributed by atoms with Crippen molar-refractivity contribution in [1.29, 1.82) is 0 Å². The SMILES string of the molecule is O=C(Cc1ccccc1O)N[C@@H]1CO[C@H]2[C@@H]1OC[C@H]2O.O=CO. The number of para-hydroxylation sites is 1. The third kappa shape index (κ3) is 4.19. The zero-order chi connectivity index (χ0) is 16.8. The predicted molar refractivity (Wildman–Crippen MR) is 77.9 cm³/mol. The van der Waals surface area contributed by atoms with Crippen molar-refractivity contribution < 1.29 is 34.4 Å². The lowest BCUT2D eigenvalue weighted by atomic mass is 10.1. The molecule has 8 heteroatoms. The van der Waals surface area contributed by atoms with Crippen molar-refractivity contribution in [1.82, 2.24) is 5.32 Å². The zero-order valence-electron chi connectivity index (χ0n) is 12.3. The summed E-state index contributed by atoms with van der Waals surface area (Å²) >= 11 is 0. The van der Waals surface area contributed by atoms with Crippen LogP contribution in [0, 0.1) is 0 Å². The topological polar surface area (TPSA) is 125 Å². The van der Waals surface area contributed by atoms with Crippen LogP contribution in [0.25, 0.3) is 0 Å². The molecule has 0 aromatic heterocycles. The number of carboxylic acid groups (broad SMARTS) is 1. The third-order valence-electron chi connectivity index (χ3n) is 3.72. The van der Waals surface area contributed by atoms with Gasteiger partial charge in [-0.1, -0.05) is 18.2 Å². The Bertz CT molecular complexity index is 550. The van der Waals surface area contributed by atoms with Gasteiger partial charge in [-0.2, -0.15) is 0 Å². The molecule has 0 bridgehead atoms. The lowest BCUT2D eigenvalue weighted by Gasteiger charge is -2.17. The molecule has 0 saturated carbocycles. The molecule has 126 valence electrons. The molecule has 4 N–H and O–H groups in total. The lowest BCUT2D eigenvalue weighted by molar-refractivity contribution is -0.123. The van der Waals surface area contributed by atoms with Crippen LogP contribution >= 0.6 is 0 Å². The first kappa shape index (κ1) is 17.2. The minimum atomic E-state index is -0.625. The van der Waals surface area contributed by atoms with E-state index in [1.165, 1.54) is 0 Å². The standard InChI is InChI=1S/C14H17NO5.CH2O2/c16-10-4-2-1-3-8(10)5-12(18)15-9-6-19-14-11(17)7-20-13(9)14;2-1-3/h1-4,9,11,13-14,16-17H,5-7H2,(H,15,18);1H,(H,2,3)/t9-,11-,13-,14-;/m1./s1. The molecule has 0 aliphatic carbocycles. The summed E-state index contributed by atoms with van der Waals surface area (Å²) < 4.78 is 10.9. The monoisotopic (exact) mass is 325 g/mol. The van der Waals surface area contributed by atoms with Gasteiger partial charge in [0.05, 0.1) is 25.7 Å². The van der Waals surface area contributed by atoms with Crippen LogP contribution in [0.3, 0.4) is 0 Å². The second-order valence-corrected chi connectivity index (χ2v) is 5.25. The number of hydrogen-bond acceptors (Lipinski definition) is 6. The summed E-state index contributed by atoms with van der Waals surface area (Å²) in [4.78, 5) is 20.4. The molecule has 0 radical (unpaired) electrons. The molecular formula is C15H19NO7. The van der Waals surface area contributed by atoms with E-state index >= 15 is 0 Å². The second kappa shape index (κ2) is 7.91. The van der Waals surface area contributed by atoms with Gasteiger partial charge in [-0.3, -0.25) is 9.59 Å². The first-order chi connectivity index (χ1) is 11.1. The van der Waals surface area contributed by atoms with Crippen LogP contribution in [0.15, 0.2) is 24.3 Å². The molecule has 2 heterocycles. The Balaban J connectivity index is 0.000000595. The maximum absolute atomic E-state index is 12.0. The number of aliphatic hydroxyl groups excluding tert-OH is 1. The number of benzene rings is 1. The van der Waals surface area contributed by atoms with E-state index in [0.717, 1.165) is 0 Å². The minimum absolute atomic E-state index is 0.100. The Labute approximate surface area is 132 Å². The third-order valence-corrected chi connectivity index (χ3v) is 3.72. The Hall–Kier alpha value is -2.16. The zero-order valence-corrected chi connectivity index (χ0v) is 12.3. The number of nitrogens with one attached hydrogen (secondary N) is 1. The van der Waals surface area contributed by atoms with Crippen LogP contribution < -0.4 is 5.32 Å². The molecule has 2 aliphatic heterocycles. The normalized spacial score (nSPS) is 28.4. The molecule has 1 amide bonds. The Morgan fingerprint density at radius 3 is 2.61 bits per heavy atom. The van der Waals surface area contributed by atoms with Gasteiger partial charge in [-0.25, -0.2) is 0 Å². The van der Waals surface area contributed by atoms with Crippen molar-refractivity contribution in [2.45, 2.75) is 30.8 Å². The Kier molecular flexibility index (Phi) is 5.91. The van der Waals surface area contributed by atoms with Crippen molar-refractivity contribution in [2.24, 2.45) is 0 Å². The largest absolute Gasteiger partial charge is 0.508 e. The molecule has 3 rings (SSSR count). The molecule has 2 fully saturated rings. The molecule has 23 heavy (non-hydrogen) atoms. The van der Waals surface area contributed by atoms with Crippen LogP contribution in [0.2, 0.25) is 0 Å². The van der Waals surface area contributed by atoms with E-state index in [9.17, 15) is 15.0 Å². The molecule has 0 spiro atoms. The minimum Gasteiger partial charge on any atom is -0.508 e. The molecular weight excluding hydrogens is 306 g/mol. The number of carbonyl (C=O) groups is 2. The molecule has 1 aromatic carbocycles. The number of phenols is 1. The highest BCUT2D eigenvalue weighted by molar-refractivity contribution is 5.79. The van der Waals surface area contributed by atoms with Gasteiger partial charge < -0.3 is 30.1 Å². The van der Waals surface area contributed by atoms with Crippen LogP contribution in [-0.4, -0.2) is 65.3 Å². The second-order valence-electron chi connectivity index (χ2n) is 5.25.